The molecule has 0 spiro atoms. The van der Waals surface area contributed by atoms with Gasteiger partial charge in [0, 0.05) is 33.2 Å². The first-order valence-electron chi connectivity index (χ1n) is 9.25. The molecule has 4 heterocycles. The Morgan fingerprint density at radius 2 is 1.70 bits per heavy atom. The van der Waals surface area contributed by atoms with E-state index in [1.54, 1.807) is 6.33 Å². The number of hydrogen-bond donors (Lipinski definition) is 1. The molecule has 0 saturated carbocycles. The van der Waals surface area contributed by atoms with Crippen LogP contribution in [-0.2, 0) is 12.6 Å². The van der Waals surface area contributed by atoms with Crippen LogP contribution in [0.15, 0.2) is 12.5 Å². The van der Waals surface area contributed by atoms with Crippen LogP contribution in [-0.4, -0.2) is 55.7 Å². The van der Waals surface area contributed by atoms with Gasteiger partial charge in [-0.2, -0.15) is 10.2 Å². The summed E-state index contributed by atoms with van der Waals surface area (Å²) in [5, 5.41) is 9.99. The predicted octanol–water partition coefficient (Wildman–Crippen LogP) is 1.53. The van der Waals surface area contributed by atoms with Crippen LogP contribution in [0.5, 0.6) is 0 Å². The largest absolute Gasteiger partial charge is 0.394 e. The Kier molecular flexibility index (Phi) is 3.97. The average molecular weight is 369 g/mol. The third kappa shape index (κ3) is 2.87. The molecule has 27 heavy (non-hydrogen) atoms. The van der Waals surface area contributed by atoms with Crippen LogP contribution < -0.4 is 15.5 Å². The van der Waals surface area contributed by atoms with Gasteiger partial charge in [0.2, 0.25) is 0 Å². The predicted molar refractivity (Wildman–Crippen MR) is 107 cm³/mol. The number of fused-ring (bicyclic) bond motifs is 1. The molecule has 0 aliphatic carbocycles. The number of rotatable bonds is 2. The SMILES string of the molecule is Cc1nn(C)c(N2CCN(c3ncnc4c3cnn4C(C)(C)C)CC2)c1N. The highest BCUT2D eigenvalue weighted by atomic mass is 15.4. The molecule has 9 heteroatoms. The summed E-state index contributed by atoms with van der Waals surface area (Å²) in [4.78, 5) is 13.6. The van der Waals surface area contributed by atoms with E-state index in [-0.39, 0.29) is 5.54 Å². The highest BCUT2D eigenvalue weighted by Crippen LogP contribution is 2.30. The normalized spacial score (nSPS) is 15.7. The first-order chi connectivity index (χ1) is 12.8. The molecule has 1 aliphatic heterocycles. The first-order valence-corrected chi connectivity index (χ1v) is 9.25. The molecule has 144 valence electrons. The van der Waals surface area contributed by atoms with Crippen molar-refractivity contribution in [1.29, 1.82) is 0 Å². The minimum absolute atomic E-state index is 0.124. The Morgan fingerprint density at radius 3 is 2.30 bits per heavy atom. The highest BCUT2D eigenvalue weighted by Gasteiger charge is 2.26. The molecular weight excluding hydrogens is 342 g/mol. The van der Waals surface area contributed by atoms with E-state index in [1.807, 2.05) is 29.5 Å². The lowest BCUT2D eigenvalue weighted by Gasteiger charge is -2.36. The molecule has 1 aliphatic rings. The Hall–Kier alpha value is -2.84. The van der Waals surface area contributed by atoms with E-state index in [4.69, 9.17) is 5.73 Å². The van der Waals surface area contributed by atoms with Crippen molar-refractivity contribution in [3.05, 3.63) is 18.2 Å². The Morgan fingerprint density at radius 1 is 1.04 bits per heavy atom. The third-order valence-corrected chi connectivity index (χ3v) is 5.10. The second-order valence-electron chi connectivity index (χ2n) is 8.08. The number of anilines is 3. The smallest absolute Gasteiger partial charge is 0.163 e. The van der Waals surface area contributed by atoms with E-state index in [2.05, 4.69) is 50.7 Å². The number of nitrogens with zero attached hydrogens (tertiary/aromatic N) is 8. The molecule has 1 saturated heterocycles. The van der Waals surface area contributed by atoms with Crippen LogP contribution >= 0.6 is 0 Å². The van der Waals surface area contributed by atoms with Gasteiger partial charge in [-0.15, -0.1) is 0 Å². The van der Waals surface area contributed by atoms with Crippen LogP contribution in [0.1, 0.15) is 26.5 Å². The molecule has 4 rings (SSSR count). The van der Waals surface area contributed by atoms with Gasteiger partial charge in [0.25, 0.3) is 0 Å². The standard InChI is InChI=1S/C18H27N9/c1-12-14(19)17(24(5)23-12)26-8-6-25(7-9-26)15-13-10-22-27(18(2,3)4)16(13)21-11-20-15/h10-11H,6-9,19H2,1-5H3. The second-order valence-corrected chi connectivity index (χ2v) is 8.08. The van der Waals surface area contributed by atoms with Crippen molar-refractivity contribution in [2.75, 3.05) is 41.7 Å². The summed E-state index contributed by atoms with van der Waals surface area (Å²) in [6, 6.07) is 0. The van der Waals surface area contributed by atoms with Gasteiger partial charge in [0.05, 0.1) is 28.5 Å². The Bertz CT molecular complexity index is 971. The Labute approximate surface area is 158 Å². The minimum atomic E-state index is -0.124. The van der Waals surface area contributed by atoms with Crippen molar-refractivity contribution >= 4 is 28.4 Å². The van der Waals surface area contributed by atoms with Crippen molar-refractivity contribution in [2.24, 2.45) is 7.05 Å². The molecule has 0 aromatic carbocycles. The number of aryl methyl sites for hydroxylation is 2. The minimum Gasteiger partial charge on any atom is -0.394 e. The molecule has 0 atom stereocenters. The summed E-state index contributed by atoms with van der Waals surface area (Å²) < 4.78 is 3.83. The van der Waals surface area contributed by atoms with Gasteiger partial charge in [-0.3, -0.25) is 4.68 Å². The Balaban J connectivity index is 1.59. The van der Waals surface area contributed by atoms with Crippen molar-refractivity contribution in [3.63, 3.8) is 0 Å². The molecule has 1 fully saturated rings. The zero-order valence-corrected chi connectivity index (χ0v) is 16.6. The molecular formula is C18H27N9. The van der Waals surface area contributed by atoms with Crippen LogP contribution in [0.25, 0.3) is 11.0 Å². The quantitative estimate of drug-likeness (QED) is 0.732. The number of nitrogen functional groups attached to an aromatic ring is 1. The van der Waals surface area contributed by atoms with Gasteiger partial charge < -0.3 is 15.5 Å². The third-order valence-electron chi connectivity index (χ3n) is 5.10. The summed E-state index contributed by atoms with van der Waals surface area (Å²) in [5.41, 5.74) is 8.62. The number of nitrogens with two attached hydrogens (primary N) is 1. The van der Waals surface area contributed by atoms with E-state index in [0.29, 0.717) is 0 Å². The highest BCUT2D eigenvalue weighted by molar-refractivity contribution is 5.87. The van der Waals surface area contributed by atoms with E-state index in [9.17, 15) is 0 Å². The van der Waals surface area contributed by atoms with Crippen molar-refractivity contribution in [2.45, 2.75) is 33.2 Å². The van der Waals surface area contributed by atoms with Gasteiger partial charge >= 0.3 is 0 Å². The number of hydrogen-bond acceptors (Lipinski definition) is 7. The molecule has 0 radical (unpaired) electrons. The number of aromatic nitrogens is 6. The van der Waals surface area contributed by atoms with Gasteiger partial charge in [0.15, 0.2) is 11.5 Å². The average Bonchev–Trinajstić information content (AvgIpc) is 3.16. The monoisotopic (exact) mass is 369 g/mol. The second kappa shape index (κ2) is 6.11. The maximum atomic E-state index is 6.23. The molecule has 0 bridgehead atoms. The maximum absolute atomic E-state index is 6.23. The molecule has 0 unspecified atom stereocenters. The van der Waals surface area contributed by atoms with Crippen LogP contribution in [0.3, 0.4) is 0 Å². The zero-order valence-electron chi connectivity index (χ0n) is 16.6. The van der Waals surface area contributed by atoms with Crippen LogP contribution in [0.4, 0.5) is 17.3 Å². The fourth-order valence-electron chi connectivity index (χ4n) is 3.74. The summed E-state index contributed by atoms with van der Waals surface area (Å²) in [6.07, 6.45) is 3.52. The van der Waals surface area contributed by atoms with E-state index >= 15 is 0 Å². The van der Waals surface area contributed by atoms with Crippen molar-refractivity contribution < 1.29 is 0 Å². The van der Waals surface area contributed by atoms with Gasteiger partial charge in [-0.1, -0.05) is 0 Å². The van der Waals surface area contributed by atoms with Gasteiger partial charge in [-0.05, 0) is 27.7 Å². The van der Waals surface area contributed by atoms with Crippen molar-refractivity contribution in [1.82, 2.24) is 29.5 Å². The summed E-state index contributed by atoms with van der Waals surface area (Å²) in [6.45, 7) is 11.8. The van der Waals surface area contributed by atoms with E-state index in [0.717, 1.165) is 60.2 Å². The fourth-order valence-corrected chi connectivity index (χ4v) is 3.74. The first kappa shape index (κ1) is 17.6. The molecule has 2 N–H and O–H groups in total. The molecule has 0 amide bonds. The topological polar surface area (TPSA) is 93.9 Å². The van der Waals surface area contributed by atoms with Crippen LogP contribution in [0, 0.1) is 6.92 Å². The molecule has 3 aromatic heterocycles. The van der Waals surface area contributed by atoms with Gasteiger partial charge in [-0.25, -0.2) is 14.6 Å². The maximum Gasteiger partial charge on any atom is 0.163 e. The van der Waals surface area contributed by atoms with Crippen LogP contribution in [0.2, 0.25) is 0 Å². The summed E-state index contributed by atoms with van der Waals surface area (Å²) in [5.74, 6) is 1.95. The lowest BCUT2D eigenvalue weighted by Crippen LogP contribution is -2.47. The lowest BCUT2D eigenvalue weighted by atomic mass is 10.1. The van der Waals surface area contributed by atoms with Crippen molar-refractivity contribution in [3.8, 4) is 0 Å². The van der Waals surface area contributed by atoms with E-state index < -0.39 is 0 Å². The van der Waals surface area contributed by atoms with Gasteiger partial charge in [0.1, 0.15) is 12.1 Å². The molecule has 9 nitrogen and oxygen atoms in total. The number of piperazine rings is 1. The molecule has 3 aromatic rings. The lowest BCUT2D eigenvalue weighted by molar-refractivity contribution is 0.366. The van der Waals surface area contributed by atoms with E-state index in [1.165, 1.54) is 0 Å². The fraction of sp³-hybridized carbons (Fsp3) is 0.556. The zero-order chi connectivity index (χ0) is 19.3. The summed E-state index contributed by atoms with van der Waals surface area (Å²) >= 11 is 0. The summed E-state index contributed by atoms with van der Waals surface area (Å²) in [7, 11) is 1.94.